The summed E-state index contributed by atoms with van der Waals surface area (Å²) in [5.41, 5.74) is -1.45. The number of hydrogen-bond donors (Lipinski definition) is 0. The summed E-state index contributed by atoms with van der Waals surface area (Å²) in [6.45, 7) is 3.56. The van der Waals surface area contributed by atoms with Gasteiger partial charge in [0, 0.05) is 0 Å². The van der Waals surface area contributed by atoms with Gasteiger partial charge in [-0.05, 0) is 25.7 Å². The SMILES string of the molecule is CCC1CCC(F)(CC)CS1(=O)=O. The lowest BCUT2D eigenvalue weighted by Gasteiger charge is -2.32. The fourth-order valence-corrected chi connectivity index (χ4v) is 4.18. The minimum absolute atomic E-state index is 0.269. The molecular weight excluding hydrogens is 191 g/mol. The molecule has 13 heavy (non-hydrogen) atoms. The predicted molar refractivity (Wildman–Crippen MR) is 51.2 cm³/mol. The van der Waals surface area contributed by atoms with E-state index < -0.39 is 15.5 Å². The van der Waals surface area contributed by atoms with Crippen LogP contribution >= 0.6 is 0 Å². The van der Waals surface area contributed by atoms with Crippen LogP contribution in [0.15, 0.2) is 0 Å². The van der Waals surface area contributed by atoms with Crippen LogP contribution in [0.2, 0.25) is 0 Å². The average molecular weight is 208 g/mol. The highest BCUT2D eigenvalue weighted by Crippen LogP contribution is 2.34. The van der Waals surface area contributed by atoms with Crippen molar-refractivity contribution in [3.63, 3.8) is 0 Å². The molecule has 1 saturated heterocycles. The molecule has 78 valence electrons. The van der Waals surface area contributed by atoms with Gasteiger partial charge in [-0.15, -0.1) is 0 Å². The molecule has 1 fully saturated rings. The number of rotatable bonds is 2. The van der Waals surface area contributed by atoms with Crippen molar-refractivity contribution in [3.8, 4) is 0 Å². The van der Waals surface area contributed by atoms with Crippen LogP contribution in [0, 0.1) is 0 Å². The topological polar surface area (TPSA) is 34.1 Å². The van der Waals surface area contributed by atoms with Crippen LogP contribution in [-0.2, 0) is 9.84 Å². The summed E-state index contributed by atoms with van der Waals surface area (Å²) in [5.74, 6) is -0.269. The van der Waals surface area contributed by atoms with Crippen molar-refractivity contribution in [2.45, 2.75) is 50.4 Å². The summed E-state index contributed by atoms with van der Waals surface area (Å²) >= 11 is 0. The zero-order valence-electron chi connectivity index (χ0n) is 8.22. The molecule has 0 aromatic carbocycles. The van der Waals surface area contributed by atoms with Gasteiger partial charge >= 0.3 is 0 Å². The Hall–Kier alpha value is -0.120. The lowest BCUT2D eigenvalue weighted by Crippen LogP contribution is -2.42. The summed E-state index contributed by atoms with van der Waals surface area (Å²) in [4.78, 5) is 0. The van der Waals surface area contributed by atoms with Crippen molar-refractivity contribution in [2.24, 2.45) is 0 Å². The zero-order chi connectivity index (χ0) is 10.1. The minimum Gasteiger partial charge on any atom is -0.243 e. The molecule has 4 heteroatoms. The van der Waals surface area contributed by atoms with E-state index in [0.29, 0.717) is 25.7 Å². The lowest BCUT2D eigenvalue weighted by molar-refractivity contribution is 0.159. The van der Waals surface area contributed by atoms with Crippen LogP contribution < -0.4 is 0 Å². The van der Waals surface area contributed by atoms with E-state index in [1.54, 1.807) is 6.92 Å². The second-order valence-electron chi connectivity index (χ2n) is 3.88. The van der Waals surface area contributed by atoms with Gasteiger partial charge < -0.3 is 0 Å². The molecule has 0 aliphatic carbocycles. The molecule has 0 aromatic heterocycles. The molecule has 0 radical (unpaired) electrons. The van der Waals surface area contributed by atoms with E-state index in [1.807, 2.05) is 6.92 Å². The van der Waals surface area contributed by atoms with Crippen molar-refractivity contribution in [1.29, 1.82) is 0 Å². The van der Waals surface area contributed by atoms with Gasteiger partial charge in [-0.25, -0.2) is 12.8 Å². The second-order valence-corrected chi connectivity index (χ2v) is 6.16. The van der Waals surface area contributed by atoms with Crippen LogP contribution in [0.25, 0.3) is 0 Å². The maximum absolute atomic E-state index is 13.7. The van der Waals surface area contributed by atoms with E-state index in [0.717, 1.165) is 0 Å². The fourth-order valence-electron chi connectivity index (χ4n) is 1.89. The maximum Gasteiger partial charge on any atom is 0.156 e. The molecule has 1 aliphatic heterocycles. The first-order valence-electron chi connectivity index (χ1n) is 4.84. The summed E-state index contributed by atoms with van der Waals surface area (Å²) < 4.78 is 36.8. The van der Waals surface area contributed by atoms with Crippen molar-refractivity contribution < 1.29 is 12.8 Å². The van der Waals surface area contributed by atoms with E-state index in [-0.39, 0.29) is 11.0 Å². The van der Waals surface area contributed by atoms with Gasteiger partial charge in [0.2, 0.25) is 0 Å². The summed E-state index contributed by atoms with van der Waals surface area (Å²) in [6.07, 6.45) is 1.81. The first-order chi connectivity index (χ1) is 5.93. The summed E-state index contributed by atoms with van der Waals surface area (Å²) in [6, 6.07) is 0. The highest BCUT2D eigenvalue weighted by atomic mass is 32.2. The van der Waals surface area contributed by atoms with E-state index >= 15 is 0 Å². The van der Waals surface area contributed by atoms with Crippen molar-refractivity contribution in [1.82, 2.24) is 0 Å². The first-order valence-corrected chi connectivity index (χ1v) is 6.55. The Morgan fingerprint density at radius 2 is 2.08 bits per heavy atom. The molecule has 2 atom stereocenters. The first kappa shape index (κ1) is 11.0. The Labute approximate surface area is 79.4 Å². The molecule has 1 rings (SSSR count). The third-order valence-corrected chi connectivity index (χ3v) is 5.48. The molecule has 2 unspecified atom stereocenters. The zero-order valence-corrected chi connectivity index (χ0v) is 9.03. The number of sulfone groups is 1. The number of alkyl halides is 1. The van der Waals surface area contributed by atoms with Crippen molar-refractivity contribution >= 4 is 9.84 Å². The van der Waals surface area contributed by atoms with Crippen molar-refractivity contribution in [2.75, 3.05) is 5.75 Å². The number of halogens is 1. The van der Waals surface area contributed by atoms with E-state index in [2.05, 4.69) is 0 Å². The third-order valence-electron chi connectivity index (χ3n) is 2.97. The fraction of sp³-hybridized carbons (Fsp3) is 1.00. The summed E-state index contributed by atoms with van der Waals surface area (Å²) in [5, 5.41) is -0.303. The number of hydrogen-bond acceptors (Lipinski definition) is 2. The standard InChI is InChI=1S/C9H17FO2S/c1-3-8-5-6-9(10,4-2)7-13(8,11)12/h8H,3-7H2,1-2H3. The van der Waals surface area contributed by atoms with Crippen LogP contribution in [0.3, 0.4) is 0 Å². The molecule has 0 bridgehead atoms. The molecule has 0 amide bonds. The molecule has 0 saturated carbocycles. The molecular formula is C9H17FO2S. The summed E-state index contributed by atoms with van der Waals surface area (Å²) in [7, 11) is -3.17. The Kier molecular flexibility index (Phi) is 3.00. The largest absolute Gasteiger partial charge is 0.243 e. The van der Waals surface area contributed by atoms with Gasteiger partial charge in [-0.2, -0.15) is 0 Å². The molecule has 0 N–H and O–H groups in total. The van der Waals surface area contributed by atoms with Gasteiger partial charge in [0.25, 0.3) is 0 Å². The highest BCUT2D eigenvalue weighted by molar-refractivity contribution is 7.92. The van der Waals surface area contributed by atoms with Gasteiger partial charge in [0.15, 0.2) is 9.84 Å². The highest BCUT2D eigenvalue weighted by Gasteiger charge is 2.42. The van der Waals surface area contributed by atoms with Gasteiger partial charge in [-0.3, -0.25) is 0 Å². The van der Waals surface area contributed by atoms with Crippen LogP contribution in [0.5, 0.6) is 0 Å². The van der Waals surface area contributed by atoms with Crippen LogP contribution in [0.1, 0.15) is 39.5 Å². The van der Waals surface area contributed by atoms with Gasteiger partial charge in [0.1, 0.15) is 5.67 Å². The monoisotopic (exact) mass is 208 g/mol. The average Bonchev–Trinajstić information content (AvgIpc) is 2.03. The predicted octanol–water partition coefficient (Wildman–Crippen LogP) is 2.09. The molecule has 1 heterocycles. The van der Waals surface area contributed by atoms with E-state index in [9.17, 15) is 12.8 Å². The Morgan fingerprint density at radius 1 is 1.46 bits per heavy atom. The van der Waals surface area contributed by atoms with Gasteiger partial charge in [-0.1, -0.05) is 13.8 Å². The molecule has 0 aromatic rings. The van der Waals surface area contributed by atoms with Crippen LogP contribution in [0.4, 0.5) is 4.39 Å². The van der Waals surface area contributed by atoms with Crippen molar-refractivity contribution in [3.05, 3.63) is 0 Å². The smallest absolute Gasteiger partial charge is 0.156 e. The molecule has 2 nitrogen and oxygen atoms in total. The van der Waals surface area contributed by atoms with Gasteiger partial charge in [0.05, 0.1) is 11.0 Å². The molecule has 0 spiro atoms. The van der Waals surface area contributed by atoms with E-state index in [4.69, 9.17) is 0 Å². The Morgan fingerprint density at radius 3 is 2.46 bits per heavy atom. The Balaban J connectivity index is 2.82. The third kappa shape index (κ3) is 2.22. The maximum atomic E-state index is 13.7. The second kappa shape index (κ2) is 3.56. The normalized spacial score (nSPS) is 38.8. The van der Waals surface area contributed by atoms with Crippen LogP contribution in [-0.4, -0.2) is 25.1 Å². The van der Waals surface area contributed by atoms with E-state index in [1.165, 1.54) is 0 Å². The minimum atomic E-state index is -3.17. The lowest BCUT2D eigenvalue weighted by atomic mass is 9.96. The Bertz CT molecular complexity index is 273. The quantitative estimate of drug-likeness (QED) is 0.696. The molecule has 1 aliphatic rings.